The van der Waals surface area contributed by atoms with Crippen molar-refractivity contribution in [2.75, 3.05) is 6.54 Å². The largest absolute Gasteiger partial charge is 0.373 e. The minimum Gasteiger partial charge on any atom is -0.373 e. The highest BCUT2D eigenvalue weighted by Gasteiger charge is 2.05. The summed E-state index contributed by atoms with van der Waals surface area (Å²) in [6, 6.07) is 10.9. The van der Waals surface area contributed by atoms with E-state index in [0.717, 1.165) is 6.54 Å². The highest BCUT2D eigenvalue weighted by atomic mass is 16.5. The molecule has 0 fully saturated rings. The summed E-state index contributed by atoms with van der Waals surface area (Å²) in [5, 5.41) is 3.49. The van der Waals surface area contributed by atoms with Crippen molar-refractivity contribution in [3.8, 4) is 0 Å². The number of rotatable bonds is 8. The van der Waals surface area contributed by atoms with Gasteiger partial charge in [-0.15, -0.1) is 0 Å². The molecule has 0 heterocycles. The minimum absolute atomic E-state index is 0.259. The molecule has 1 aromatic rings. The van der Waals surface area contributed by atoms with Crippen LogP contribution in [0.1, 0.15) is 39.2 Å². The highest BCUT2D eigenvalue weighted by molar-refractivity contribution is 5.13. The molecular weight excluding hydrogens is 210 g/mol. The van der Waals surface area contributed by atoms with Gasteiger partial charge in [-0.2, -0.15) is 0 Å². The molecule has 0 saturated heterocycles. The van der Waals surface area contributed by atoms with Crippen molar-refractivity contribution in [3.05, 3.63) is 35.9 Å². The molecule has 2 heteroatoms. The van der Waals surface area contributed by atoms with Crippen LogP contribution in [0.5, 0.6) is 0 Å². The molecule has 2 nitrogen and oxygen atoms in total. The van der Waals surface area contributed by atoms with E-state index < -0.39 is 0 Å². The summed E-state index contributed by atoms with van der Waals surface area (Å²) in [5.41, 5.74) is 1.24. The van der Waals surface area contributed by atoms with E-state index in [9.17, 15) is 0 Å². The lowest BCUT2D eigenvalue weighted by Gasteiger charge is -2.18. The maximum absolute atomic E-state index is 5.79. The van der Waals surface area contributed by atoms with Gasteiger partial charge in [0.2, 0.25) is 0 Å². The predicted octanol–water partition coefficient (Wildman–Crippen LogP) is 3.37. The lowest BCUT2D eigenvalue weighted by atomic mass is 10.2. The first-order chi connectivity index (χ1) is 8.22. The van der Waals surface area contributed by atoms with Crippen LogP contribution in [0, 0.1) is 0 Å². The number of nitrogens with one attached hydrogen (secondary N) is 1. The zero-order valence-corrected chi connectivity index (χ0v) is 11.3. The molecule has 0 saturated carbocycles. The van der Waals surface area contributed by atoms with Crippen molar-refractivity contribution in [2.24, 2.45) is 0 Å². The van der Waals surface area contributed by atoms with Crippen LogP contribution >= 0.6 is 0 Å². The van der Waals surface area contributed by atoms with E-state index in [4.69, 9.17) is 4.74 Å². The highest BCUT2D eigenvalue weighted by Crippen LogP contribution is 2.03. The molecule has 0 aliphatic rings. The Bertz CT molecular complexity index is 286. The Kier molecular flexibility index (Phi) is 6.90. The maximum atomic E-state index is 5.79. The van der Waals surface area contributed by atoms with E-state index >= 15 is 0 Å². The van der Waals surface area contributed by atoms with Crippen LogP contribution in [0.3, 0.4) is 0 Å². The van der Waals surface area contributed by atoms with Gasteiger partial charge >= 0.3 is 0 Å². The molecule has 17 heavy (non-hydrogen) atoms. The zero-order valence-electron chi connectivity index (χ0n) is 11.3. The van der Waals surface area contributed by atoms with Crippen LogP contribution in [-0.2, 0) is 11.3 Å². The third kappa shape index (κ3) is 6.44. The average Bonchev–Trinajstić information content (AvgIpc) is 2.35. The molecule has 0 aromatic heterocycles. The standard InChI is InChI=1S/C15H25NO/c1-4-8-13(2)16-11-14(3)17-12-15-9-6-5-7-10-15/h5-7,9-10,13-14,16H,4,8,11-12H2,1-3H3. The van der Waals surface area contributed by atoms with Crippen molar-refractivity contribution in [2.45, 2.75) is 52.4 Å². The predicted molar refractivity (Wildman–Crippen MR) is 73.1 cm³/mol. The Morgan fingerprint density at radius 3 is 2.53 bits per heavy atom. The van der Waals surface area contributed by atoms with Gasteiger partial charge < -0.3 is 10.1 Å². The molecular formula is C15H25NO. The normalized spacial score (nSPS) is 14.5. The first-order valence-corrected chi connectivity index (χ1v) is 6.61. The molecule has 1 rings (SSSR count). The third-order valence-electron chi connectivity index (χ3n) is 2.85. The second kappa shape index (κ2) is 8.26. The Morgan fingerprint density at radius 1 is 1.18 bits per heavy atom. The molecule has 0 aliphatic heterocycles. The summed E-state index contributed by atoms with van der Waals surface area (Å²) < 4.78 is 5.79. The molecule has 0 radical (unpaired) electrons. The van der Waals surface area contributed by atoms with E-state index in [-0.39, 0.29) is 6.10 Å². The lowest BCUT2D eigenvalue weighted by Crippen LogP contribution is -2.33. The fourth-order valence-corrected chi connectivity index (χ4v) is 1.77. The summed E-state index contributed by atoms with van der Waals surface area (Å²) in [4.78, 5) is 0. The van der Waals surface area contributed by atoms with Gasteiger partial charge in [0.15, 0.2) is 0 Å². The summed E-state index contributed by atoms with van der Waals surface area (Å²) in [6.45, 7) is 8.19. The van der Waals surface area contributed by atoms with Crippen LogP contribution in [0.2, 0.25) is 0 Å². The van der Waals surface area contributed by atoms with E-state index in [1.54, 1.807) is 0 Å². The van der Waals surface area contributed by atoms with Gasteiger partial charge in [-0.1, -0.05) is 43.7 Å². The minimum atomic E-state index is 0.259. The molecule has 1 aromatic carbocycles. The van der Waals surface area contributed by atoms with E-state index in [1.165, 1.54) is 18.4 Å². The molecule has 2 atom stereocenters. The van der Waals surface area contributed by atoms with Crippen molar-refractivity contribution in [3.63, 3.8) is 0 Å². The summed E-state index contributed by atoms with van der Waals surface area (Å²) in [5.74, 6) is 0. The smallest absolute Gasteiger partial charge is 0.0721 e. The summed E-state index contributed by atoms with van der Waals surface area (Å²) in [6.07, 6.45) is 2.72. The zero-order chi connectivity index (χ0) is 12.5. The van der Waals surface area contributed by atoms with Crippen molar-refractivity contribution in [1.29, 1.82) is 0 Å². The van der Waals surface area contributed by atoms with Gasteiger partial charge in [-0.3, -0.25) is 0 Å². The number of hydrogen-bond donors (Lipinski definition) is 1. The second-order valence-electron chi connectivity index (χ2n) is 4.71. The number of ether oxygens (including phenoxy) is 1. The number of hydrogen-bond acceptors (Lipinski definition) is 2. The first-order valence-electron chi connectivity index (χ1n) is 6.61. The van der Waals surface area contributed by atoms with Crippen LogP contribution in [0.4, 0.5) is 0 Å². The third-order valence-corrected chi connectivity index (χ3v) is 2.85. The van der Waals surface area contributed by atoms with Crippen molar-refractivity contribution < 1.29 is 4.74 Å². The summed E-state index contributed by atoms with van der Waals surface area (Å²) >= 11 is 0. The van der Waals surface area contributed by atoms with Crippen LogP contribution in [-0.4, -0.2) is 18.7 Å². The molecule has 96 valence electrons. The molecule has 1 N–H and O–H groups in total. The fourth-order valence-electron chi connectivity index (χ4n) is 1.77. The topological polar surface area (TPSA) is 21.3 Å². The van der Waals surface area contributed by atoms with Crippen molar-refractivity contribution in [1.82, 2.24) is 5.32 Å². The number of benzene rings is 1. The monoisotopic (exact) mass is 235 g/mol. The van der Waals surface area contributed by atoms with Crippen LogP contribution in [0.25, 0.3) is 0 Å². The van der Waals surface area contributed by atoms with E-state index in [1.807, 2.05) is 18.2 Å². The quantitative estimate of drug-likeness (QED) is 0.746. The van der Waals surface area contributed by atoms with Gasteiger partial charge in [0.1, 0.15) is 0 Å². The first kappa shape index (κ1) is 14.2. The van der Waals surface area contributed by atoms with Gasteiger partial charge in [0.25, 0.3) is 0 Å². The van der Waals surface area contributed by atoms with Gasteiger partial charge in [0, 0.05) is 12.6 Å². The van der Waals surface area contributed by atoms with Gasteiger partial charge in [0.05, 0.1) is 12.7 Å². The molecule has 0 bridgehead atoms. The maximum Gasteiger partial charge on any atom is 0.0721 e. The Morgan fingerprint density at radius 2 is 1.88 bits per heavy atom. The van der Waals surface area contributed by atoms with E-state index in [0.29, 0.717) is 12.6 Å². The van der Waals surface area contributed by atoms with Crippen molar-refractivity contribution >= 4 is 0 Å². The molecule has 0 spiro atoms. The fraction of sp³-hybridized carbons (Fsp3) is 0.600. The van der Waals surface area contributed by atoms with Gasteiger partial charge in [-0.25, -0.2) is 0 Å². The van der Waals surface area contributed by atoms with Crippen LogP contribution in [0.15, 0.2) is 30.3 Å². The Balaban J connectivity index is 2.15. The van der Waals surface area contributed by atoms with Gasteiger partial charge in [-0.05, 0) is 25.8 Å². The van der Waals surface area contributed by atoms with Crippen LogP contribution < -0.4 is 5.32 Å². The SMILES string of the molecule is CCCC(C)NCC(C)OCc1ccccc1. The Labute approximate surface area is 105 Å². The summed E-state index contributed by atoms with van der Waals surface area (Å²) in [7, 11) is 0. The molecule has 0 amide bonds. The molecule has 2 unspecified atom stereocenters. The molecule has 0 aliphatic carbocycles. The Hall–Kier alpha value is -0.860. The average molecular weight is 235 g/mol. The lowest BCUT2D eigenvalue weighted by molar-refractivity contribution is 0.0515. The second-order valence-corrected chi connectivity index (χ2v) is 4.71. The van der Waals surface area contributed by atoms with E-state index in [2.05, 4.69) is 38.2 Å².